The lowest BCUT2D eigenvalue weighted by molar-refractivity contribution is 0.540. The predicted molar refractivity (Wildman–Crippen MR) is 51.1 cm³/mol. The molecule has 0 amide bonds. The number of nitrogens with zero attached hydrogens (tertiary/aromatic N) is 2. The van der Waals surface area contributed by atoms with E-state index in [-0.39, 0.29) is 0 Å². The van der Waals surface area contributed by atoms with E-state index < -0.39 is 15.5 Å². The molecule has 0 fully saturated rings. The summed E-state index contributed by atoms with van der Waals surface area (Å²) in [6, 6.07) is 0. The molecular formula is C8H13FN2O2S. The van der Waals surface area contributed by atoms with Crippen molar-refractivity contribution in [3.8, 4) is 0 Å². The second-order valence-corrected chi connectivity index (χ2v) is 4.98. The summed E-state index contributed by atoms with van der Waals surface area (Å²) in [5, 5.41) is 2.89. The second-order valence-electron chi connectivity index (χ2n) is 3.33. The van der Waals surface area contributed by atoms with Crippen LogP contribution in [0.25, 0.3) is 0 Å². The Labute approximate surface area is 82.9 Å². The summed E-state index contributed by atoms with van der Waals surface area (Å²) >= 11 is 0. The maximum Gasteiger partial charge on any atom is 0.309 e. The van der Waals surface area contributed by atoms with Crippen LogP contribution in [0.5, 0.6) is 0 Å². The van der Waals surface area contributed by atoms with Crippen molar-refractivity contribution in [2.75, 3.05) is 0 Å². The van der Waals surface area contributed by atoms with Crippen molar-refractivity contribution in [2.45, 2.75) is 26.0 Å². The van der Waals surface area contributed by atoms with Gasteiger partial charge >= 0.3 is 10.2 Å². The van der Waals surface area contributed by atoms with Crippen molar-refractivity contribution < 1.29 is 12.3 Å². The molecule has 0 aliphatic rings. The third kappa shape index (κ3) is 1.79. The summed E-state index contributed by atoms with van der Waals surface area (Å²) in [5.41, 5.74) is 1.69. The Morgan fingerprint density at radius 2 is 1.93 bits per heavy atom. The zero-order chi connectivity index (χ0) is 11.1. The van der Waals surface area contributed by atoms with Gasteiger partial charge in [-0.2, -0.15) is 13.5 Å². The lowest BCUT2D eigenvalue weighted by atomic mass is 10.1. The first-order valence-electron chi connectivity index (χ1n) is 4.18. The lowest BCUT2D eigenvalue weighted by Crippen LogP contribution is -2.06. The molecule has 80 valence electrons. The first-order valence-corrected chi connectivity index (χ1v) is 5.63. The number of rotatable bonds is 2. The average molecular weight is 220 g/mol. The smallest absolute Gasteiger partial charge is 0.272 e. The molecular weight excluding hydrogens is 207 g/mol. The van der Waals surface area contributed by atoms with E-state index in [2.05, 4.69) is 5.10 Å². The molecule has 0 N–H and O–H groups in total. The van der Waals surface area contributed by atoms with Gasteiger partial charge in [0.2, 0.25) is 0 Å². The van der Waals surface area contributed by atoms with E-state index in [0.29, 0.717) is 17.0 Å². The summed E-state index contributed by atoms with van der Waals surface area (Å²) in [6.45, 7) is 4.72. The van der Waals surface area contributed by atoms with Gasteiger partial charge in [-0.1, -0.05) is 0 Å². The summed E-state index contributed by atoms with van der Waals surface area (Å²) in [7, 11) is -2.84. The van der Waals surface area contributed by atoms with Crippen molar-refractivity contribution in [2.24, 2.45) is 7.05 Å². The first-order chi connectivity index (χ1) is 6.25. The highest BCUT2D eigenvalue weighted by atomic mass is 32.3. The minimum absolute atomic E-state index is 0.454. The first kappa shape index (κ1) is 11.2. The molecule has 0 aromatic carbocycles. The van der Waals surface area contributed by atoms with Gasteiger partial charge < -0.3 is 0 Å². The normalized spacial score (nSPS) is 14.4. The summed E-state index contributed by atoms with van der Waals surface area (Å²) in [5.74, 6) is 0. The summed E-state index contributed by atoms with van der Waals surface area (Å²) in [4.78, 5) is 0. The van der Waals surface area contributed by atoms with Crippen LogP contribution in [0.4, 0.5) is 3.89 Å². The fourth-order valence-corrected chi connectivity index (χ4v) is 2.14. The SMILES string of the molecule is Cc1nn(C)c(C)c1C(C)S(=O)(=O)F. The molecule has 0 saturated carbocycles. The van der Waals surface area contributed by atoms with Crippen molar-refractivity contribution in [1.29, 1.82) is 0 Å². The van der Waals surface area contributed by atoms with Crippen molar-refractivity contribution >= 4 is 10.2 Å². The van der Waals surface area contributed by atoms with Crippen molar-refractivity contribution in [3.05, 3.63) is 17.0 Å². The van der Waals surface area contributed by atoms with Crippen molar-refractivity contribution in [1.82, 2.24) is 9.78 Å². The minimum Gasteiger partial charge on any atom is -0.272 e. The molecule has 1 aromatic rings. The quantitative estimate of drug-likeness (QED) is 0.708. The van der Waals surface area contributed by atoms with Gasteiger partial charge in [0.15, 0.2) is 0 Å². The predicted octanol–water partition coefficient (Wildman–Crippen LogP) is 1.40. The van der Waals surface area contributed by atoms with Gasteiger partial charge in [0, 0.05) is 18.3 Å². The molecule has 0 radical (unpaired) electrons. The Morgan fingerprint density at radius 1 is 1.43 bits per heavy atom. The van der Waals surface area contributed by atoms with Gasteiger partial charge in [0.1, 0.15) is 5.25 Å². The van der Waals surface area contributed by atoms with E-state index in [9.17, 15) is 12.3 Å². The summed E-state index contributed by atoms with van der Waals surface area (Å²) in [6.07, 6.45) is 0. The largest absolute Gasteiger partial charge is 0.309 e. The molecule has 1 atom stereocenters. The van der Waals surface area contributed by atoms with E-state index in [1.807, 2.05) is 0 Å². The molecule has 1 unspecified atom stereocenters. The highest BCUT2D eigenvalue weighted by Gasteiger charge is 2.27. The van der Waals surface area contributed by atoms with Crippen LogP contribution in [0.15, 0.2) is 0 Å². The van der Waals surface area contributed by atoms with Gasteiger partial charge in [0.25, 0.3) is 0 Å². The number of halogens is 1. The van der Waals surface area contributed by atoms with Gasteiger partial charge in [-0.3, -0.25) is 4.68 Å². The van der Waals surface area contributed by atoms with Crippen LogP contribution < -0.4 is 0 Å². The average Bonchev–Trinajstić information content (AvgIpc) is 2.24. The Morgan fingerprint density at radius 3 is 2.21 bits per heavy atom. The zero-order valence-corrected chi connectivity index (χ0v) is 9.39. The van der Waals surface area contributed by atoms with Crippen LogP contribution in [0.2, 0.25) is 0 Å². The molecule has 0 saturated heterocycles. The number of aryl methyl sites for hydroxylation is 2. The lowest BCUT2D eigenvalue weighted by Gasteiger charge is -2.06. The molecule has 0 spiro atoms. The fraction of sp³-hybridized carbons (Fsp3) is 0.625. The number of aromatic nitrogens is 2. The molecule has 14 heavy (non-hydrogen) atoms. The van der Waals surface area contributed by atoms with E-state index in [1.54, 1.807) is 25.6 Å². The third-order valence-corrected chi connectivity index (χ3v) is 3.47. The molecule has 1 rings (SSSR count). The van der Waals surface area contributed by atoms with Crippen LogP contribution in [-0.4, -0.2) is 18.2 Å². The van der Waals surface area contributed by atoms with Gasteiger partial charge in [-0.25, -0.2) is 0 Å². The molecule has 0 aliphatic heterocycles. The van der Waals surface area contributed by atoms with Crippen LogP contribution in [-0.2, 0) is 17.3 Å². The molecule has 1 heterocycles. The Hall–Kier alpha value is -0.910. The van der Waals surface area contributed by atoms with Crippen LogP contribution >= 0.6 is 0 Å². The Bertz CT molecular complexity index is 450. The van der Waals surface area contributed by atoms with Crippen LogP contribution in [0.3, 0.4) is 0 Å². The maximum absolute atomic E-state index is 12.8. The molecule has 6 heteroatoms. The van der Waals surface area contributed by atoms with Crippen molar-refractivity contribution in [3.63, 3.8) is 0 Å². The third-order valence-electron chi connectivity index (χ3n) is 2.39. The standard InChI is InChI=1S/C8H13FN2O2S/c1-5-8(6(2)11(4)10-5)7(3)14(9,12)13/h7H,1-4H3. The van der Waals surface area contributed by atoms with Crippen LogP contribution in [0, 0.1) is 13.8 Å². The highest BCUT2D eigenvalue weighted by molar-refractivity contribution is 7.86. The van der Waals surface area contributed by atoms with Crippen LogP contribution in [0.1, 0.15) is 29.1 Å². The maximum atomic E-state index is 12.8. The minimum atomic E-state index is -4.54. The monoisotopic (exact) mass is 220 g/mol. The van der Waals surface area contributed by atoms with Gasteiger partial charge in [-0.05, 0) is 20.8 Å². The molecule has 0 bridgehead atoms. The van der Waals surface area contributed by atoms with E-state index in [4.69, 9.17) is 0 Å². The number of hydrogen-bond acceptors (Lipinski definition) is 3. The van der Waals surface area contributed by atoms with E-state index >= 15 is 0 Å². The van der Waals surface area contributed by atoms with Gasteiger partial charge in [-0.15, -0.1) is 3.89 Å². The zero-order valence-electron chi connectivity index (χ0n) is 8.57. The van der Waals surface area contributed by atoms with E-state index in [0.717, 1.165) is 0 Å². The fourth-order valence-electron chi connectivity index (χ4n) is 1.52. The molecule has 1 aromatic heterocycles. The highest BCUT2D eigenvalue weighted by Crippen LogP contribution is 2.28. The summed E-state index contributed by atoms with van der Waals surface area (Å²) < 4.78 is 35.8. The topological polar surface area (TPSA) is 52.0 Å². The number of hydrogen-bond donors (Lipinski definition) is 0. The molecule has 4 nitrogen and oxygen atoms in total. The Balaban J connectivity index is 3.33. The Kier molecular flexibility index (Phi) is 2.67. The van der Waals surface area contributed by atoms with E-state index in [1.165, 1.54) is 6.92 Å². The second kappa shape index (κ2) is 3.34. The molecule has 0 aliphatic carbocycles. The van der Waals surface area contributed by atoms with Gasteiger partial charge in [0.05, 0.1) is 5.69 Å².